The van der Waals surface area contributed by atoms with Crippen LogP contribution in [0.5, 0.6) is 0 Å². The summed E-state index contributed by atoms with van der Waals surface area (Å²) in [6, 6.07) is 21.2. The van der Waals surface area contributed by atoms with Crippen molar-refractivity contribution in [3.05, 3.63) is 95.1 Å². The second-order valence-electron chi connectivity index (χ2n) is 7.50. The Morgan fingerprint density at radius 1 is 0.593 bits per heavy atom. The highest BCUT2D eigenvalue weighted by Gasteiger charge is 2.46. The number of aryl methyl sites for hydroxylation is 2. The van der Waals surface area contributed by atoms with Gasteiger partial charge in [0.1, 0.15) is 11.2 Å². The molecule has 2 unspecified atom stereocenters. The molecular formula is C25H28O2. The first-order chi connectivity index (χ1) is 12.4. The smallest absolute Gasteiger partial charge is 0.144 e. The molecular weight excluding hydrogens is 332 g/mol. The maximum Gasteiger partial charge on any atom is 0.144 e. The first-order valence-electron chi connectivity index (χ1n) is 9.05. The SMILES string of the molecule is C.CC12C=CC(C)(OO1)c1ccccc12.Cc1ccc(C)c2ccccc12. The Balaban J connectivity index is 0.000000152. The van der Waals surface area contributed by atoms with Crippen LogP contribution < -0.4 is 0 Å². The Kier molecular flexibility index (Phi) is 4.98. The van der Waals surface area contributed by atoms with Crippen LogP contribution in [-0.2, 0) is 21.0 Å². The van der Waals surface area contributed by atoms with Gasteiger partial charge in [0.15, 0.2) is 0 Å². The van der Waals surface area contributed by atoms with E-state index >= 15 is 0 Å². The molecule has 0 saturated heterocycles. The molecule has 2 atom stereocenters. The molecule has 0 saturated carbocycles. The minimum atomic E-state index is -0.408. The molecule has 0 N–H and O–H groups in total. The van der Waals surface area contributed by atoms with Crippen molar-refractivity contribution in [2.24, 2.45) is 0 Å². The van der Waals surface area contributed by atoms with Crippen LogP contribution >= 0.6 is 0 Å². The van der Waals surface area contributed by atoms with Crippen molar-refractivity contribution < 1.29 is 9.78 Å². The largest absolute Gasteiger partial charge is 0.220 e. The molecule has 3 aromatic carbocycles. The Morgan fingerprint density at radius 2 is 0.963 bits per heavy atom. The standard InChI is InChI=1S/C12H12O2.C12H12.CH4/c1-11-7-8-12(2,14-13-11)10-6-4-3-5-9(10)11;1-9-7-8-10(2)12-6-4-3-5-11(9)12;/h3-8H,1-2H3;3-8H,1-2H3;1H4. The predicted molar refractivity (Wildman–Crippen MR) is 113 cm³/mol. The van der Waals surface area contributed by atoms with Crippen molar-refractivity contribution in [2.75, 3.05) is 0 Å². The second-order valence-corrected chi connectivity index (χ2v) is 7.50. The van der Waals surface area contributed by atoms with E-state index in [1.807, 2.05) is 26.0 Å². The van der Waals surface area contributed by atoms with Gasteiger partial charge in [0.25, 0.3) is 0 Å². The Hall–Kier alpha value is -2.42. The molecule has 2 aliphatic heterocycles. The quantitative estimate of drug-likeness (QED) is 0.326. The monoisotopic (exact) mass is 360 g/mol. The van der Waals surface area contributed by atoms with E-state index in [0.717, 1.165) is 0 Å². The van der Waals surface area contributed by atoms with Crippen molar-refractivity contribution in [3.63, 3.8) is 0 Å². The molecule has 0 fully saturated rings. The molecule has 27 heavy (non-hydrogen) atoms. The van der Waals surface area contributed by atoms with Gasteiger partial charge in [-0.15, -0.1) is 0 Å². The molecule has 3 aliphatic rings. The van der Waals surface area contributed by atoms with E-state index < -0.39 is 11.2 Å². The van der Waals surface area contributed by atoms with Crippen molar-refractivity contribution >= 4 is 10.8 Å². The summed E-state index contributed by atoms with van der Waals surface area (Å²) in [5.74, 6) is 0. The van der Waals surface area contributed by atoms with Gasteiger partial charge in [-0.2, -0.15) is 0 Å². The van der Waals surface area contributed by atoms with Gasteiger partial charge in [-0.3, -0.25) is 0 Å². The van der Waals surface area contributed by atoms with E-state index in [2.05, 4.69) is 74.5 Å². The molecule has 0 spiro atoms. The number of hydrogen-bond donors (Lipinski definition) is 0. The summed E-state index contributed by atoms with van der Waals surface area (Å²) < 4.78 is 0. The lowest BCUT2D eigenvalue weighted by Gasteiger charge is -2.45. The van der Waals surface area contributed by atoms with Crippen LogP contribution in [0, 0.1) is 13.8 Å². The van der Waals surface area contributed by atoms with Gasteiger partial charge < -0.3 is 0 Å². The van der Waals surface area contributed by atoms with Gasteiger partial charge in [0.2, 0.25) is 0 Å². The van der Waals surface area contributed by atoms with Crippen molar-refractivity contribution in [1.29, 1.82) is 0 Å². The van der Waals surface area contributed by atoms with E-state index in [1.54, 1.807) is 0 Å². The summed E-state index contributed by atoms with van der Waals surface area (Å²) in [6.45, 7) is 8.34. The van der Waals surface area contributed by atoms with Gasteiger partial charge in [-0.1, -0.05) is 68.1 Å². The van der Waals surface area contributed by atoms with Crippen LogP contribution in [0.3, 0.4) is 0 Å². The number of rotatable bonds is 0. The molecule has 2 nitrogen and oxygen atoms in total. The van der Waals surface area contributed by atoms with Crippen LogP contribution in [0.25, 0.3) is 10.8 Å². The maximum absolute atomic E-state index is 5.41. The average Bonchev–Trinajstić information content (AvgIpc) is 2.68. The number of hydrogen-bond acceptors (Lipinski definition) is 2. The lowest BCUT2D eigenvalue weighted by Crippen LogP contribution is -2.43. The molecule has 6 rings (SSSR count). The highest BCUT2D eigenvalue weighted by molar-refractivity contribution is 5.88. The molecule has 2 bridgehead atoms. The fraction of sp³-hybridized carbons (Fsp3) is 0.280. The average molecular weight is 360 g/mol. The second kappa shape index (κ2) is 6.95. The Labute approximate surface area is 162 Å². The van der Waals surface area contributed by atoms with E-state index in [0.29, 0.717) is 0 Å². The third kappa shape index (κ3) is 3.20. The van der Waals surface area contributed by atoms with Crippen LogP contribution in [-0.4, -0.2) is 0 Å². The highest BCUT2D eigenvalue weighted by atomic mass is 17.2. The third-order valence-corrected chi connectivity index (χ3v) is 5.46. The summed E-state index contributed by atoms with van der Waals surface area (Å²) >= 11 is 0. The van der Waals surface area contributed by atoms with Crippen molar-refractivity contribution in [1.82, 2.24) is 0 Å². The highest BCUT2D eigenvalue weighted by Crippen LogP contribution is 2.48. The Morgan fingerprint density at radius 3 is 1.33 bits per heavy atom. The minimum Gasteiger partial charge on any atom is -0.220 e. The summed E-state index contributed by atoms with van der Waals surface area (Å²) in [5.41, 5.74) is 4.31. The van der Waals surface area contributed by atoms with Gasteiger partial charge in [0, 0.05) is 0 Å². The molecule has 0 aromatic heterocycles. The predicted octanol–water partition coefficient (Wildman–Crippen LogP) is 6.74. The zero-order chi connectivity index (χ0) is 18.4. The molecule has 0 radical (unpaired) electrons. The fourth-order valence-electron chi connectivity index (χ4n) is 3.77. The summed E-state index contributed by atoms with van der Waals surface area (Å²) in [4.78, 5) is 10.8. The van der Waals surface area contributed by atoms with Crippen molar-refractivity contribution in [3.8, 4) is 0 Å². The lowest BCUT2D eigenvalue weighted by atomic mass is 9.77. The Bertz CT molecular complexity index is 925. The van der Waals surface area contributed by atoms with Gasteiger partial charge in [-0.05, 0) is 72.9 Å². The van der Waals surface area contributed by atoms with Gasteiger partial charge >= 0.3 is 0 Å². The number of fused-ring (bicyclic) bond motifs is 2. The summed E-state index contributed by atoms with van der Waals surface area (Å²) in [7, 11) is 0. The minimum absolute atomic E-state index is 0. The van der Waals surface area contributed by atoms with Gasteiger partial charge in [0.05, 0.1) is 0 Å². The van der Waals surface area contributed by atoms with Crippen LogP contribution in [0.2, 0.25) is 0 Å². The van der Waals surface area contributed by atoms with Crippen LogP contribution in [0.15, 0.2) is 72.8 Å². The third-order valence-electron chi connectivity index (χ3n) is 5.46. The zero-order valence-electron chi connectivity index (χ0n) is 15.7. The van der Waals surface area contributed by atoms with E-state index in [4.69, 9.17) is 9.78 Å². The number of benzene rings is 3. The molecule has 2 heterocycles. The first-order valence-corrected chi connectivity index (χ1v) is 9.05. The van der Waals surface area contributed by atoms with E-state index in [-0.39, 0.29) is 7.43 Å². The van der Waals surface area contributed by atoms with E-state index in [1.165, 1.54) is 33.0 Å². The van der Waals surface area contributed by atoms with Crippen LogP contribution in [0.1, 0.15) is 43.5 Å². The van der Waals surface area contributed by atoms with E-state index in [9.17, 15) is 0 Å². The molecule has 140 valence electrons. The summed E-state index contributed by atoms with van der Waals surface area (Å²) in [6.07, 6.45) is 4.14. The zero-order valence-corrected chi connectivity index (χ0v) is 15.7. The normalized spacial score (nSPS) is 24.6. The maximum atomic E-state index is 5.41. The summed E-state index contributed by atoms with van der Waals surface area (Å²) in [5, 5.41) is 2.75. The van der Waals surface area contributed by atoms with Gasteiger partial charge in [-0.25, -0.2) is 9.78 Å². The van der Waals surface area contributed by atoms with Crippen molar-refractivity contribution in [2.45, 2.75) is 46.3 Å². The molecule has 1 aliphatic carbocycles. The first kappa shape index (κ1) is 19.3. The molecule has 2 heteroatoms. The lowest BCUT2D eigenvalue weighted by molar-refractivity contribution is -0.415. The fourth-order valence-corrected chi connectivity index (χ4v) is 3.77. The molecule has 3 aromatic rings. The molecule has 0 amide bonds. The van der Waals surface area contributed by atoms with Crippen LogP contribution in [0.4, 0.5) is 0 Å². The topological polar surface area (TPSA) is 18.5 Å².